The van der Waals surface area contributed by atoms with E-state index in [0.29, 0.717) is 11.4 Å². The number of nitrogens with zero attached hydrogens (tertiary/aromatic N) is 5. The van der Waals surface area contributed by atoms with E-state index < -0.39 is 0 Å². The fraction of sp³-hybridized carbons (Fsp3) is 0.357. The van der Waals surface area contributed by atoms with Crippen molar-refractivity contribution in [2.45, 2.75) is 18.9 Å². The zero-order chi connectivity index (χ0) is 24.6. The molecule has 36 heavy (non-hydrogen) atoms. The Kier molecular flexibility index (Phi) is 5.97. The van der Waals surface area contributed by atoms with Crippen LogP contribution in [0.1, 0.15) is 12.8 Å². The van der Waals surface area contributed by atoms with E-state index in [1.54, 1.807) is 37.6 Å². The summed E-state index contributed by atoms with van der Waals surface area (Å²) in [6.45, 7) is 5.69. The summed E-state index contributed by atoms with van der Waals surface area (Å²) in [7, 11) is 1.66. The smallest absolute Gasteiger partial charge is 0.134 e. The molecule has 0 radical (unpaired) electrons. The molecule has 2 saturated heterocycles. The van der Waals surface area contributed by atoms with Crippen LogP contribution in [0.4, 0.5) is 15.8 Å². The molecule has 0 unspecified atom stereocenters. The van der Waals surface area contributed by atoms with Gasteiger partial charge in [-0.1, -0.05) is 0 Å². The first kappa shape index (κ1) is 22.8. The van der Waals surface area contributed by atoms with Gasteiger partial charge in [-0.05, 0) is 49.2 Å². The van der Waals surface area contributed by atoms with Gasteiger partial charge in [-0.15, -0.1) is 0 Å². The average molecular weight is 488 g/mol. The molecule has 8 heteroatoms. The van der Waals surface area contributed by atoms with Crippen LogP contribution in [0, 0.1) is 5.82 Å². The number of benzene rings is 2. The van der Waals surface area contributed by atoms with Gasteiger partial charge in [0.1, 0.15) is 17.3 Å². The van der Waals surface area contributed by atoms with E-state index in [4.69, 9.17) is 4.74 Å². The fourth-order valence-electron chi connectivity index (χ4n) is 5.73. The number of fused-ring (bicyclic) bond motifs is 2. The maximum absolute atomic E-state index is 14.2. The monoisotopic (exact) mass is 487 g/mol. The number of hydrogen-bond acceptors (Lipinski definition) is 7. The Morgan fingerprint density at radius 1 is 0.889 bits per heavy atom. The van der Waals surface area contributed by atoms with E-state index in [1.807, 2.05) is 18.2 Å². The highest BCUT2D eigenvalue weighted by Gasteiger charge is 2.29. The van der Waals surface area contributed by atoms with Crippen molar-refractivity contribution in [2.24, 2.45) is 0 Å². The minimum Gasteiger partial charge on any atom is -0.506 e. The van der Waals surface area contributed by atoms with Gasteiger partial charge in [0.05, 0.1) is 35.7 Å². The zero-order valence-corrected chi connectivity index (χ0v) is 20.4. The van der Waals surface area contributed by atoms with Crippen LogP contribution < -0.4 is 14.5 Å². The number of ether oxygens (including phenoxy) is 1. The van der Waals surface area contributed by atoms with Crippen molar-refractivity contribution < 1.29 is 14.2 Å². The van der Waals surface area contributed by atoms with E-state index in [9.17, 15) is 9.50 Å². The first-order valence-electron chi connectivity index (χ1n) is 12.5. The van der Waals surface area contributed by atoms with Crippen LogP contribution in [0.15, 0.2) is 54.9 Å². The second-order valence-electron chi connectivity index (χ2n) is 9.62. The van der Waals surface area contributed by atoms with Crippen molar-refractivity contribution in [2.75, 3.05) is 56.2 Å². The predicted octanol–water partition coefficient (Wildman–Crippen LogP) is 4.43. The lowest BCUT2D eigenvalue weighted by molar-refractivity contribution is 0.160. The van der Waals surface area contributed by atoms with E-state index in [2.05, 4.69) is 24.7 Å². The molecule has 2 aliphatic rings. The number of halogens is 1. The van der Waals surface area contributed by atoms with Crippen LogP contribution in [-0.2, 0) is 0 Å². The molecule has 0 spiro atoms. The Balaban J connectivity index is 1.12. The zero-order valence-electron chi connectivity index (χ0n) is 20.4. The van der Waals surface area contributed by atoms with E-state index >= 15 is 0 Å². The first-order valence-corrected chi connectivity index (χ1v) is 12.5. The van der Waals surface area contributed by atoms with Crippen LogP contribution in [0.2, 0.25) is 0 Å². The summed E-state index contributed by atoms with van der Waals surface area (Å²) in [5.41, 5.74) is 3.71. The third-order valence-corrected chi connectivity index (χ3v) is 7.63. The molecule has 0 bridgehead atoms. The molecule has 6 rings (SSSR count). The normalized spacial score (nSPS) is 17.7. The number of piperidine rings is 1. The van der Waals surface area contributed by atoms with Gasteiger partial charge in [0.25, 0.3) is 0 Å². The summed E-state index contributed by atoms with van der Waals surface area (Å²) < 4.78 is 19.8. The van der Waals surface area contributed by atoms with Crippen LogP contribution in [0.25, 0.3) is 21.8 Å². The molecule has 0 atom stereocenters. The molecule has 2 aromatic carbocycles. The maximum atomic E-state index is 14.2. The van der Waals surface area contributed by atoms with Gasteiger partial charge in [-0.25, -0.2) is 4.39 Å². The van der Waals surface area contributed by atoms with Crippen LogP contribution in [0.5, 0.6) is 11.5 Å². The molecule has 0 amide bonds. The number of anilines is 2. The molecule has 7 nitrogen and oxygen atoms in total. The lowest BCUT2D eigenvalue weighted by atomic mass is 10.0. The van der Waals surface area contributed by atoms with Crippen molar-refractivity contribution in [3.8, 4) is 11.5 Å². The third kappa shape index (κ3) is 4.15. The molecule has 0 aliphatic carbocycles. The fourth-order valence-corrected chi connectivity index (χ4v) is 5.73. The van der Waals surface area contributed by atoms with E-state index in [0.717, 1.165) is 85.7 Å². The van der Waals surface area contributed by atoms with Crippen molar-refractivity contribution >= 4 is 33.2 Å². The van der Waals surface area contributed by atoms with Crippen LogP contribution >= 0.6 is 0 Å². The number of methoxy groups -OCH3 is 1. The lowest BCUT2D eigenvalue weighted by Crippen LogP contribution is -2.53. The topological polar surface area (TPSA) is 65.0 Å². The van der Waals surface area contributed by atoms with Gasteiger partial charge >= 0.3 is 0 Å². The maximum Gasteiger partial charge on any atom is 0.134 e. The minimum atomic E-state index is -0.217. The molecule has 2 fully saturated rings. The SMILES string of the molecule is COc1cc(N2CCN(C3CCN(c4ccc(F)c5cccnc45)CC3)CC2)c2ncc(O)cc2c1. The summed E-state index contributed by atoms with van der Waals surface area (Å²) in [6, 6.07) is 13.3. The molecular weight excluding hydrogens is 457 g/mol. The van der Waals surface area contributed by atoms with Gasteiger partial charge in [0.15, 0.2) is 0 Å². The van der Waals surface area contributed by atoms with E-state index in [1.165, 1.54) is 6.20 Å². The Morgan fingerprint density at radius 3 is 2.44 bits per heavy atom. The quantitative estimate of drug-likeness (QED) is 0.457. The molecule has 1 N–H and O–H groups in total. The van der Waals surface area contributed by atoms with Gasteiger partial charge < -0.3 is 19.6 Å². The molecule has 0 saturated carbocycles. The summed E-state index contributed by atoms with van der Waals surface area (Å²) in [4.78, 5) is 16.3. The number of aromatic nitrogens is 2. The Hall–Kier alpha value is -3.65. The summed E-state index contributed by atoms with van der Waals surface area (Å²) in [6.07, 6.45) is 5.40. The summed E-state index contributed by atoms with van der Waals surface area (Å²) >= 11 is 0. The summed E-state index contributed by atoms with van der Waals surface area (Å²) in [5, 5.41) is 11.3. The largest absolute Gasteiger partial charge is 0.506 e. The van der Waals surface area contributed by atoms with Crippen molar-refractivity contribution in [1.29, 1.82) is 0 Å². The minimum absolute atomic E-state index is 0.155. The molecule has 4 heterocycles. The Bertz CT molecular complexity index is 1400. The van der Waals surface area contributed by atoms with Crippen LogP contribution in [0.3, 0.4) is 0 Å². The van der Waals surface area contributed by atoms with Crippen molar-refractivity contribution in [1.82, 2.24) is 14.9 Å². The predicted molar refractivity (Wildman–Crippen MR) is 141 cm³/mol. The number of hydrogen-bond donors (Lipinski definition) is 1. The van der Waals surface area contributed by atoms with Gasteiger partial charge in [0, 0.05) is 68.3 Å². The number of pyridine rings is 2. The van der Waals surface area contributed by atoms with Crippen molar-refractivity contribution in [3.63, 3.8) is 0 Å². The number of aromatic hydroxyl groups is 1. The molecule has 4 aromatic rings. The Labute approximate surface area is 209 Å². The van der Waals surface area contributed by atoms with Crippen molar-refractivity contribution in [3.05, 3.63) is 60.7 Å². The highest BCUT2D eigenvalue weighted by molar-refractivity contribution is 5.93. The summed E-state index contributed by atoms with van der Waals surface area (Å²) in [5.74, 6) is 0.704. The van der Waals surface area contributed by atoms with E-state index in [-0.39, 0.29) is 11.6 Å². The highest BCUT2D eigenvalue weighted by Crippen LogP contribution is 2.34. The first-order chi connectivity index (χ1) is 17.6. The number of rotatable bonds is 4. The number of piperazine rings is 1. The molecule has 186 valence electrons. The van der Waals surface area contributed by atoms with Gasteiger partial charge in [0.2, 0.25) is 0 Å². The lowest BCUT2D eigenvalue weighted by Gasteiger charge is -2.44. The standard InChI is InChI=1S/C28H30FN5O2/c1-36-22-16-19-15-21(35)18-31-27(19)26(17-22)34-13-11-32(12-14-34)20-6-9-33(10-7-20)25-5-4-24(29)23-3-2-8-30-28(23)25/h2-5,8,15-18,20,35H,6-7,9-14H2,1H3. The van der Waals surface area contributed by atoms with Crippen LogP contribution in [-0.4, -0.2) is 72.4 Å². The third-order valence-electron chi connectivity index (χ3n) is 7.63. The molecule has 2 aromatic heterocycles. The highest BCUT2D eigenvalue weighted by atomic mass is 19.1. The molecule has 2 aliphatic heterocycles. The molecular formula is C28H30FN5O2. The average Bonchev–Trinajstić information content (AvgIpc) is 2.93. The van der Waals surface area contributed by atoms with Gasteiger partial charge in [-0.3, -0.25) is 14.9 Å². The van der Waals surface area contributed by atoms with Gasteiger partial charge in [-0.2, -0.15) is 0 Å². The second kappa shape index (κ2) is 9.43. The second-order valence-corrected chi connectivity index (χ2v) is 9.62. The Morgan fingerprint density at radius 2 is 1.67 bits per heavy atom.